The molecule has 0 radical (unpaired) electrons. The average Bonchev–Trinajstić information content (AvgIpc) is 3.37. The van der Waals surface area contributed by atoms with Gasteiger partial charge in [0.25, 0.3) is 0 Å². The minimum absolute atomic E-state index is 0.0131. The molecule has 1 saturated heterocycles. The molecule has 5 aromatic rings. The lowest BCUT2D eigenvalue weighted by Crippen LogP contribution is -2.47. The summed E-state index contributed by atoms with van der Waals surface area (Å²) in [4.78, 5) is 17.8. The van der Waals surface area contributed by atoms with Gasteiger partial charge in [0.2, 0.25) is 5.91 Å². The highest BCUT2D eigenvalue weighted by atomic mass is 32.1. The largest absolute Gasteiger partial charge is 0.353 e. The highest BCUT2D eigenvalue weighted by Crippen LogP contribution is 2.30. The molecule has 0 aliphatic carbocycles. The van der Waals surface area contributed by atoms with E-state index in [-0.39, 0.29) is 5.91 Å². The standard InChI is InChI=1S/C31H30N4OS/c36-30(22-25-10-6-9-24-8-1-2-12-27(24)25)32-26-11-5-7-23(21-26)15-16-34-17-19-35(20-18-34)31-28-13-3-4-14-29(28)37-33-31/h1-14,21H,15-20,22H2,(H,32,36). The summed E-state index contributed by atoms with van der Waals surface area (Å²) >= 11 is 1.59. The third-order valence-corrected chi connectivity index (χ3v) is 8.01. The molecule has 1 amide bonds. The molecule has 1 aliphatic rings. The fraction of sp³-hybridized carbons (Fsp3) is 0.226. The normalized spacial score (nSPS) is 14.3. The van der Waals surface area contributed by atoms with E-state index in [9.17, 15) is 4.79 Å². The van der Waals surface area contributed by atoms with E-state index in [2.05, 4.69) is 69.7 Å². The second kappa shape index (κ2) is 10.7. The molecule has 1 aromatic heterocycles. The number of nitrogens with one attached hydrogen (secondary N) is 1. The summed E-state index contributed by atoms with van der Waals surface area (Å²) in [5.74, 6) is 1.14. The molecule has 37 heavy (non-hydrogen) atoms. The van der Waals surface area contributed by atoms with E-state index in [1.54, 1.807) is 11.5 Å². The predicted molar refractivity (Wildman–Crippen MR) is 155 cm³/mol. The molecule has 1 fully saturated rings. The van der Waals surface area contributed by atoms with Gasteiger partial charge in [0.15, 0.2) is 0 Å². The molecular formula is C31H30N4OS. The fourth-order valence-electron chi connectivity index (χ4n) is 5.20. The first-order chi connectivity index (χ1) is 18.2. The minimum Gasteiger partial charge on any atom is -0.353 e. The molecular weight excluding hydrogens is 476 g/mol. The van der Waals surface area contributed by atoms with Crippen LogP contribution in [0.25, 0.3) is 20.9 Å². The number of nitrogens with zero attached hydrogens (tertiary/aromatic N) is 3. The van der Waals surface area contributed by atoms with Crippen LogP contribution >= 0.6 is 11.5 Å². The second-order valence-electron chi connectivity index (χ2n) is 9.64. The first kappa shape index (κ1) is 23.6. The van der Waals surface area contributed by atoms with Gasteiger partial charge in [-0.3, -0.25) is 9.69 Å². The lowest BCUT2D eigenvalue weighted by molar-refractivity contribution is -0.115. The van der Waals surface area contributed by atoms with Crippen molar-refractivity contribution in [3.05, 3.63) is 102 Å². The Balaban J connectivity index is 1.02. The van der Waals surface area contributed by atoms with Crippen molar-refractivity contribution < 1.29 is 4.79 Å². The van der Waals surface area contributed by atoms with E-state index in [1.165, 1.54) is 15.6 Å². The highest BCUT2D eigenvalue weighted by molar-refractivity contribution is 7.13. The number of hydrogen-bond acceptors (Lipinski definition) is 5. The van der Waals surface area contributed by atoms with Crippen LogP contribution in [0.1, 0.15) is 11.1 Å². The zero-order valence-electron chi connectivity index (χ0n) is 20.8. The van der Waals surface area contributed by atoms with E-state index < -0.39 is 0 Å². The molecule has 1 aliphatic heterocycles. The van der Waals surface area contributed by atoms with E-state index in [0.29, 0.717) is 6.42 Å². The SMILES string of the molecule is O=C(Cc1cccc2ccccc12)Nc1cccc(CCN2CCN(c3nsc4ccccc34)CC2)c1. The van der Waals surface area contributed by atoms with Crippen LogP contribution in [0, 0.1) is 0 Å². The van der Waals surface area contributed by atoms with E-state index >= 15 is 0 Å². The zero-order valence-corrected chi connectivity index (χ0v) is 21.6. The summed E-state index contributed by atoms with van der Waals surface area (Å²) in [5, 5.41) is 6.67. The maximum atomic E-state index is 12.8. The molecule has 5 nitrogen and oxygen atoms in total. The number of hydrogen-bond donors (Lipinski definition) is 1. The maximum absolute atomic E-state index is 12.8. The molecule has 6 rings (SSSR count). The van der Waals surface area contributed by atoms with Crippen LogP contribution in [0.15, 0.2) is 91.0 Å². The molecule has 0 atom stereocenters. The van der Waals surface area contributed by atoms with Crippen LogP contribution in [-0.4, -0.2) is 47.9 Å². The third-order valence-electron chi connectivity index (χ3n) is 7.19. The van der Waals surface area contributed by atoms with Gasteiger partial charge in [0.05, 0.1) is 11.1 Å². The molecule has 0 saturated carbocycles. The molecule has 1 N–H and O–H groups in total. The number of amides is 1. The van der Waals surface area contributed by atoms with Gasteiger partial charge in [0.1, 0.15) is 5.82 Å². The van der Waals surface area contributed by atoms with Crippen LogP contribution < -0.4 is 10.2 Å². The van der Waals surface area contributed by atoms with Crippen LogP contribution in [-0.2, 0) is 17.6 Å². The second-order valence-corrected chi connectivity index (χ2v) is 10.4. The smallest absolute Gasteiger partial charge is 0.228 e. The van der Waals surface area contributed by atoms with Crippen LogP contribution in [0.4, 0.5) is 11.5 Å². The van der Waals surface area contributed by atoms with Crippen molar-refractivity contribution in [3.63, 3.8) is 0 Å². The number of anilines is 2. The van der Waals surface area contributed by atoms with Crippen molar-refractivity contribution in [1.29, 1.82) is 0 Å². The maximum Gasteiger partial charge on any atom is 0.228 e. The number of aromatic nitrogens is 1. The number of piperazine rings is 1. The first-order valence-electron chi connectivity index (χ1n) is 12.9. The van der Waals surface area contributed by atoms with Crippen molar-refractivity contribution in [2.24, 2.45) is 0 Å². The number of carbonyl (C=O) groups is 1. The quantitative estimate of drug-likeness (QED) is 0.294. The van der Waals surface area contributed by atoms with Crippen molar-refractivity contribution >= 4 is 49.8 Å². The Morgan fingerprint density at radius 1 is 0.838 bits per heavy atom. The van der Waals surface area contributed by atoms with Gasteiger partial charge in [0, 0.05) is 43.8 Å². The van der Waals surface area contributed by atoms with Crippen molar-refractivity contribution in [1.82, 2.24) is 9.27 Å². The molecule has 0 bridgehead atoms. The fourth-order valence-corrected chi connectivity index (χ4v) is 6.00. The number of fused-ring (bicyclic) bond motifs is 2. The summed E-state index contributed by atoms with van der Waals surface area (Å²) in [7, 11) is 0. The van der Waals surface area contributed by atoms with Gasteiger partial charge in [-0.05, 0) is 64.1 Å². The van der Waals surface area contributed by atoms with E-state index in [4.69, 9.17) is 4.37 Å². The lowest BCUT2D eigenvalue weighted by Gasteiger charge is -2.35. The Morgan fingerprint density at radius 3 is 2.49 bits per heavy atom. The average molecular weight is 507 g/mol. The molecule has 0 spiro atoms. The van der Waals surface area contributed by atoms with Crippen molar-refractivity contribution in [3.8, 4) is 0 Å². The van der Waals surface area contributed by atoms with Gasteiger partial charge in [-0.25, -0.2) is 0 Å². The molecule has 2 heterocycles. The van der Waals surface area contributed by atoms with Crippen LogP contribution in [0.5, 0.6) is 0 Å². The molecule has 0 unspecified atom stereocenters. The minimum atomic E-state index is 0.0131. The Kier molecular flexibility index (Phi) is 6.84. The third kappa shape index (κ3) is 5.36. The first-order valence-corrected chi connectivity index (χ1v) is 13.7. The van der Waals surface area contributed by atoms with Gasteiger partial charge >= 0.3 is 0 Å². The Morgan fingerprint density at radius 2 is 1.59 bits per heavy atom. The van der Waals surface area contributed by atoms with Gasteiger partial charge in [-0.15, -0.1) is 0 Å². The Hall–Kier alpha value is -3.74. The number of carbonyl (C=O) groups excluding carboxylic acids is 1. The number of benzene rings is 4. The van der Waals surface area contributed by atoms with Crippen molar-refractivity contribution in [2.45, 2.75) is 12.8 Å². The van der Waals surface area contributed by atoms with Gasteiger partial charge < -0.3 is 10.2 Å². The van der Waals surface area contributed by atoms with E-state index in [1.807, 2.05) is 36.4 Å². The summed E-state index contributed by atoms with van der Waals surface area (Å²) < 4.78 is 5.98. The monoisotopic (exact) mass is 506 g/mol. The predicted octanol–water partition coefficient (Wildman–Crippen LogP) is 6.00. The van der Waals surface area contributed by atoms with Gasteiger partial charge in [-0.1, -0.05) is 66.7 Å². The molecule has 4 aromatic carbocycles. The summed E-state index contributed by atoms with van der Waals surface area (Å²) in [6.45, 7) is 5.08. The summed E-state index contributed by atoms with van der Waals surface area (Å²) in [5.41, 5.74) is 3.16. The van der Waals surface area contributed by atoms with E-state index in [0.717, 1.165) is 67.0 Å². The lowest BCUT2D eigenvalue weighted by atomic mass is 10.0. The number of rotatable bonds is 7. The Labute approximate surface area is 221 Å². The van der Waals surface area contributed by atoms with Crippen LogP contribution in [0.3, 0.4) is 0 Å². The summed E-state index contributed by atoms with van der Waals surface area (Å²) in [6.07, 6.45) is 1.33. The topological polar surface area (TPSA) is 48.5 Å². The highest BCUT2D eigenvalue weighted by Gasteiger charge is 2.20. The van der Waals surface area contributed by atoms with Crippen LogP contribution in [0.2, 0.25) is 0 Å². The molecule has 186 valence electrons. The zero-order chi connectivity index (χ0) is 25.0. The van der Waals surface area contributed by atoms with Crippen molar-refractivity contribution in [2.75, 3.05) is 42.9 Å². The molecule has 6 heteroatoms. The summed E-state index contributed by atoms with van der Waals surface area (Å²) in [6, 6.07) is 31.1. The van der Waals surface area contributed by atoms with Gasteiger partial charge in [-0.2, -0.15) is 4.37 Å². The Bertz CT molecular complexity index is 1530.